The molecule has 0 aromatic rings. The fraction of sp³-hybridized carbons (Fsp3) is 0.800. The normalized spacial score (nSPS) is 26.8. The smallest absolute Gasteiger partial charge is 0.306 e. The average Bonchev–Trinajstić information content (AvgIpc) is 3.30. The minimum absolute atomic E-state index is 0.148. The lowest BCUT2D eigenvalue weighted by Gasteiger charge is -2.42. The third-order valence-corrected chi connectivity index (χ3v) is 11.5. The van der Waals surface area contributed by atoms with Crippen LogP contribution < -0.4 is 0 Å². The Morgan fingerprint density at radius 2 is 0.923 bits per heavy atom. The summed E-state index contributed by atoms with van der Waals surface area (Å²) in [6, 6.07) is 0. The predicted octanol–water partition coefficient (Wildman–Crippen LogP) is 6.32. The second-order valence-electron chi connectivity index (χ2n) is 17.3. The maximum absolute atomic E-state index is 12.9. The van der Waals surface area contributed by atoms with Gasteiger partial charge >= 0.3 is 11.9 Å². The molecule has 0 bridgehead atoms. The van der Waals surface area contributed by atoms with Gasteiger partial charge in [-0.3, -0.25) is 9.59 Å². The molecule has 2 heterocycles. The van der Waals surface area contributed by atoms with E-state index in [0.717, 1.165) is 83.5 Å². The van der Waals surface area contributed by atoms with Crippen LogP contribution in [0.25, 0.3) is 0 Å². The van der Waals surface area contributed by atoms with Crippen molar-refractivity contribution in [3.8, 4) is 0 Å². The van der Waals surface area contributed by atoms with Gasteiger partial charge in [-0.1, -0.05) is 120 Å². The zero-order valence-electron chi connectivity index (χ0n) is 39.5. The van der Waals surface area contributed by atoms with E-state index in [1.807, 2.05) is 0 Å². The van der Waals surface area contributed by atoms with E-state index in [1.165, 1.54) is 38.5 Å². The quantitative estimate of drug-likeness (QED) is 0.0205. The molecule has 4 unspecified atom stereocenters. The Morgan fingerprint density at radius 3 is 1.46 bits per heavy atom. The highest BCUT2D eigenvalue weighted by Crippen LogP contribution is 2.26. The number of hydrogen-bond acceptors (Lipinski definition) is 15. The molecule has 7 N–H and O–H groups in total. The van der Waals surface area contributed by atoms with Crippen molar-refractivity contribution in [1.29, 1.82) is 0 Å². The van der Waals surface area contributed by atoms with Crippen LogP contribution in [0.3, 0.4) is 0 Å². The van der Waals surface area contributed by atoms with Crippen molar-refractivity contribution >= 4 is 11.9 Å². The van der Waals surface area contributed by atoms with Gasteiger partial charge in [0.25, 0.3) is 0 Å². The highest BCUT2D eigenvalue weighted by molar-refractivity contribution is 5.70. The molecule has 15 nitrogen and oxygen atoms in total. The van der Waals surface area contributed by atoms with Crippen LogP contribution in [0.5, 0.6) is 0 Å². The van der Waals surface area contributed by atoms with Crippen molar-refractivity contribution in [3.63, 3.8) is 0 Å². The Bertz CT molecular complexity index is 1320. The highest BCUT2D eigenvalue weighted by atomic mass is 16.7. The number of rotatable bonds is 37. The van der Waals surface area contributed by atoms with Crippen molar-refractivity contribution in [3.05, 3.63) is 48.6 Å². The predicted molar refractivity (Wildman–Crippen MR) is 247 cm³/mol. The molecule has 2 rings (SSSR count). The monoisotopic (exact) mass is 927 g/mol. The van der Waals surface area contributed by atoms with E-state index in [9.17, 15) is 45.3 Å². The molecule has 0 amide bonds. The van der Waals surface area contributed by atoms with Gasteiger partial charge in [-0.25, -0.2) is 0 Å². The summed E-state index contributed by atoms with van der Waals surface area (Å²) in [5.74, 6) is -0.964. The largest absolute Gasteiger partial charge is 0.462 e. The second-order valence-corrected chi connectivity index (χ2v) is 17.3. The van der Waals surface area contributed by atoms with Gasteiger partial charge in [0.15, 0.2) is 18.7 Å². The minimum atomic E-state index is -1.77. The van der Waals surface area contributed by atoms with Crippen LogP contribution in [-0.4, -0.2) is 142 Å². The number of esters is 2. The van der Waals surface area contributed by atoms with Crippen molar-refractivity contribution < 1.29 is 73.8 Å². The molecule has 15 heteroatoms. The maximum Gasteiger partial charge on any atom is 0.306 e. The van der Waals surface area contributed by atoms with Gasteiger partial charge in [0, 0.05) is 12.8 Å². The Hall–Kier alpha value is -2.54. The van der Waals surface area contributed by atoms with Crippen molar-refractivity contribution in [2.75, 3.05) is 26.4 Å². The summed E-state index contributed by atoms with van der Waals surface area (Å²) in [4.78, 5) is 25.7. The number of unbranched alkanes of at least 4 members (excludes halogenated alkanes) is 15. The lowest BCUT2D eigenvalue weighted by atomic mass is 9.98. The number of ether oxygens (including phenoxy) is 6. The highest BCUT2D eigenvalue weighted by Gasteiger charge is 2.47. The molecule has 2 fully saturated rings. The number of carbonyl (C=O) groups excluding carboxylic acids is 2. The number of aliphatic hydroxyl groups excluding tert-OH is 7. The number of carbonyl (C=O) groups is 2. The van der Waals surface area contributed by atoms with Crippen LogP contribution in [0, 0.1) is 0 Å². The Balaban J connectivity index is 1.83. The zero-order chi connectivity index (χ0) is 47.5. The van der Waals surface area contributed by atoms with Crippen molar-refractivity contribution in [1.82, 2.24) is 0 Å². The SMILES string of the molecule is CCCCC/C=C/C/C=C/C/C=C/CCCCCCC(=O)OC[C@@H](CO[C@@H]1O[C@H](CO[C@@H]2O[C@H](CO)[C@H](O)C(O)C2O)[C@H](O)C(O)C1O)OC(=O)CCCCCCC/C=C/CCCCC. The number of allylic oxidation sites excluding steroid dienone is 8. The van der Waals surface area contributed by atoms with Gasteiger partial charge in [0.05, 0.1) is 19.8 Å². The third kappa shape index (κ3) is 26.0. The zero-order valence-corrected chi connectivity index (χ0v) is 39.5. The van der Waals surface area contributed by atoms with Crippen molar-refractivity contribution in [2.45, 2.75) is 229 Å². The Labute approximate surface area is 388 Å². The number of hydrogen-bond donors (Lipinski definition) is 7. The van der Waals surface area contributed by atoms with E-state index in [2.05, 4.69) is 62.5 Å². The summed E-state index contributed by atoms with van der Waals surface area (Å²) in [5, 5.41) is 72.0. The first-order valence-corrected chi connectivity index (χ1v) is 24.7. The fourth-order valence-electron chi connectivity index (χ4n) is 7.39. The lowest BCUT2D eigenvalue weighted by molar-refractivity contribution is -0.332. The molecule has 65 heavy (non-hydrogen) atoms. The molecular formula is C50H86O15. The topological polar surface area (TPSA) is 231 Å². The van der Waals surface area contributed by atoms with Crippen LogP contribution in [0.2, 0.25) is 0 Å². The molecule has 0 aromatic carbocycles. The van der Waals surface area contributed by atoms with Crippen molar-refractivity contribution in [2.24, 2.45) is 0 Å². The molecule has 2 aliphatic heterocycles. The van der Waals surface area contributed by atoms with Gasteiger partial charge in [-0.15, -0.1) is 0 Å². The van der Waals surface area contributed by atoms with Crippen LogP contribution in [-0.2, 0) is 38.0 Å². The van der Waals surface area contributed by atoms with Gasteiger partial charge in [-0.05, 0) is 77.0 Å². The first-order chi connectivity index (χ1) is 31.5. The van der Waals surface area contributed by atoms with Crippen LogP contribution >= 0.6 is 0 Å². The second kappa shape index (κ2) is 37.4. The molecular weight excluding hydrogens is 841 g/mol. The van der Waals surface area contributed by atoms with Crippen LogP contribution in [0.4, 0.5) is 0 Å². The molecule has 2 aliphatic rings. The third-order valence-electron chi connectivity index (χ3n) is 11.5. The molecule has 11 atom stereocenters. The summed E-state index contributed by atoms with van der Waals surface area (Å²) in [6.45, 7) is 2.48. The molecule has 0 spiro atoms. The molecule has 376 valence electrons. The lowest BCUT2D eigenvalue weighted by Crippen LogP contribution is -2.61. The standard InChI is InChI=1S/C50H86O15/c1-3-5-7-9-11-13-15-17-18-19-20-21-23-24-26-28-30-32-41(52)60-35-38(63-42(53)33-31-29-27-25-22-16-14-12-10-8-6-4-2)36-61-49-48(59)46(57)44(55)40(65-49)37-62-50-47(58)45(56)43(54)39(34-51)64-50/h11-14,17-18,20-21,38-40,43-51,54-59H,3-10,15-16,19,22-37H2,1-2H3/b13-11+,14-12+,18-17+,21-20+/t38-,39+,40+,43-,44-,45?,46?,47?,48?,49+,50+/m0/s1. The Kier molecular flexibility index (Phi) is 33.7. The molecule has 0 aromatic heterocycles. The maximum atomic E-state index is 12.9. The fourth-order valence-corrected chi connectivity index (χ4v) is 7.39. The van der Waals surface area contributed by atoms with Gasteiger partial charge < -0.3 is 64.2 Å². The van der Waals surface area contributed by atoms with Gasteiger partial charge in [0.2, 0.25) is 0 Å². The van der Waals surface area contributed by atoms with E-state index >= 15 is 0 Å². The molecule has 0 saturated carbocycles. The summed E-state index contributed by atoms with van der Waals surface area (Å²) in [6.07, 6.45) is 22.9. The van der Waals surface area contributed by atoms with Crippen LogP contribution in [0.15, 0.2) is 48.6 Å². The first kappa shape index (κ1) is 58.6. The van der Waals surface area contributed by atoms with E-state index in [0.29, 0.717) is 12.8 Å². The van der Waals surface area contributed by atoms with E-state index in [4.69, 9.17) is 28.4 Å². The summed E-state index contributed by atoms with van der Waals surface area (Å²) >= 11 is 0. The van der Waals surface area contributed by atoms with E-state index < -0.39 is 99.3 Å². The van der Waals surface area contributed by atoms with Crippen LogP contribution in [0.1, 0.15) is 162 Å². The van der Waals surface area contributed by atoms with Gasteiger partial charge in [0.1, 0.15) is 55.4 Å². The summed E-state index contributed by atoms with van der Waals surface area (Å²) in [5.41, 5.74) is 0. The minimum Gasteiger partial charge on any atom is -0.462 e. The summed E-state index contributed by atoms with van der Waals surface area (Å²) < 4.78 is 33.5. The van der Waals surface area contributed by atoms with Gasteiger partial charge in [-0.2, -0.15) is 0 Å². The molecule has 0 radical (unpaired) electrons. The first-order valence-electron chi connectivity index (χ1n) is 24.7. The van der Waals surface area contributed by atoms with E-state index in [-0.39, 0.29) is 19.4 Å². The Morgan fingerprint density at radius 1 is 0.492 bits per heavy atom. The number of aliphatic hydroxyl groups is 7. The van der Waals surface area contributed by atoms with E-state index in [1.54, 1.807) is 0 Å². The summed E-state index contributed by atoms with van der Waals surface area (Å²) in [7, 11) is 0. The average molecular weight is 927 g/mol. The molecule has 0 aliphatic carbocycles. The molecule has 2 saturated heterocycles.